The number of hydrogen-bond acceptors (Lipinski definition) is 3. The van der Waals surface area contributed by atoms with E-state index in [9.17, 15) is 0 Å². The van der Waals surface area contributed by atoms with Gasteiger partial charge in [-0.2, -0.15) is 0 Å². The van der Waals surface area contributed by atoms with Crippen molar-refractivity contribution in [3.8, 4) is 0 Å². The molecule has 0 spiro atoms. The topological polar surface area (TPSA) is 32.5 Å². The van der Waals surface area contributed by atoms with Gasteiger partial charge in [0.15, 0.2) is 0 Å². The van der Waals surface area contributed by atoms with Crippen LogP contribution < -0.4 is 10.6 Å². The van der Waals surface area contributed by atoms with Gasteiger partial charge in [-0.25, -0.2) is 0 Å². The minimum absolute atomic E-state index is 0.719. The Bertz CT molecular complexity index is 451. The molecule has 20 heavy (non-hydrogen) atoms. The van der Waals surface area contributed by atoms with Crippen LogP contribution in [0.4, 0.5) is 5.69 Å². The molecule has 1 aromatic rings. The molecule has 0 amide bonds. The SMILES string of the molecule is NCCc1ccc(Br)cc1N1CCN(CC2CC2)CC1. The lowest BCUT2D eigenvalue weighted by molar-refractivity contribution is 0.248. The minimum Gasteiger partial charge on any atom is -0.369 e. The van der Waals surface area contributed by atoms with Crippen LogP contribution in [0.15, 0.2) is 22.7 Å². The van der Waals surface area contributed by atoms with Crippen molar-refractivity contribution in [3.63, 3.8) is 0 Å². The van der Waals surface area contributed by atoms with E-state index in [4.69, 9.17) is 5.73 Å². The number of anilines is 1. The summed E-state index contributed by atoms with van der Waals surface area (Å²) in [5.41, 5.74) is 8.49. The van der Waals surface area contributed by atoms with Gasteiger partial charge in [-0.05, 0) is 49.4 Å². The van der Waals surface area contributed by atoms with Crippen molar-refractivity contribution in [2.75, 3.05) is 44.2 Å². The number of nitrogens with two attached hydrogens (primary N) is 1. The van der Waals surface area contributed by atoms with Crippen molar-refractivity contribution < 1.29 is 0 Å². The third-order valence-corrected chi connectivity index (χ3v) is 4.88. The molecular weight excluding hydrogens is 314 g/mol. The van der Waals surface area contributed by atoms with Crippen molar-refractivity contribution in [1.29, 1.82) is 0 Å². The molecule has 1 aliphatic carbocycles. The lowest BCUT2D eigenvalue weighted by Crippen LogP contribution is -2.47. The summed E-state index contributed by atoms with van der Waals surface area (Å²) in [6.07, 6.45) is 3.86. The van der Waals surface area contributed by atoms with E-state index < -0.39 is 0 Å². The standard InChI is InChI=1S/C16H24BrN3/c17-15-4-3-14(5-6-18)16(11-15)20-9-7-19(8-10-20)12-13-1-2-13/h3-4,11,13H,1-2,5-10,12,18H2. The second-order valence-electron chi connectivity index (χ2n) is 6.04. The Morgan fingerprint density at radius 1 is 1.15 bits per heavy atom. The van der Waals surface area contributed by atoms with Gasteiger partial charge in [-0.15, -0.1) is 0 Å². The molecule has 2 fully saturated rings. The molecule has 0 bridgehead atoms. The van der Waals surface area contributed by atoms with Crippen LogP contribution in [0.25, 0.3) is 0 Å². The van der Waals surface area contributed by atoms with E-state index in [1.165, 1.54) is 43.7 Å². The quantitative estimate of drug-likeness (QED) is 0.895. The molecule has 0 aromatic heterocycles. The van der Waals surface area contributed by atoms with Crippen LogP contribution in [0.2, 0.25) is 0 Å². The van der Waals surface area contributed by atoms with E-state index in [0.29, 0.717) is 0 Å². The number of piperazine rings is 1. The van der Waals surface area contributed by atoms with Crippen molar-refractivity contribution in [2.45, 2.75) is 19.3 Å². The first-order valence-electron chi connectivity index (χ1n) is 7.72. The molecule has 1 heterocycles. The summed E-state index contributed by atoms with van der Waals surface area (Å²) in [5, 5.41) is 0. The maximum Gasteiger partial charge on any atom is 0.0411 e. The van der Waals surface area contributed by atoms with Crippen LogP contribution in [-0.2, 0) is 6.42 Å². The van der Waals surface area contributed by atoms with Crippen molar-refractivity contribution in [3.05, 3.63) is 28.2 Å². The zero-order chi connectivity index (χ0) is 13.9. The lowest BCUT2D eigenvalue weighted by Gasteiger charge is -2.37. The Balaban J connectivity index is 1.65. The normalized spacial score (nSPS) is 20.4. The Morgan fingerprint density at radius 2 is 1.90 bits per heavy atom. The van der Waals surface area contributed by atoms with Gasteiger partial charge < -0.3 is 10.6 Å². The highest BCUT2D eigenvalue weighted by Crippen LogP contribution is 2.31. The second kappa shape index (κ2) is 6.46. The van der Waals surface area contributed by atoms with Crippen LogP contribution in [-0.4, -0.2) is 44.2 Å². The summed E-state index contributed by atoms with van der Waals surface area (Å²) in [6, 6.07) is 6.59. The van der Waals surface area contributed by atoms with Gasteiger partial charge in [0.05, 0.1) is 0 Å². The van der Waals surface area contributed by atoms with E-state index in [-0.39, 0.29) is 0 Å². The lowest BCUT2D eigenvalue weighted by atomic mass is 10.1. The third kappa shape index (κ3) is 3.54. The van der Waals surface area contributed by atoms with Crippen LogP contribution in [0.5, 0.6) is 0 Å². The second-order valence-corrected chi connectivity index (χ2v) is 6.96. The van der Waals surface area contributed by atoms with Crippen LogP contribution in [0, 0.1) is 5.92 Å². The van der Waals surface area contributed by atoms with Crippen LogP contribution >= 0.6 is 15.9 Å². The minimum atomic E-state index is 0.719. The third-order valence-electron chi connectivity index (χ3n) is 4.39. The number of rotatable bonds is 5. The van der Waals surface area contributed by atoms with Gasteiger partial charge in [-0.1, -0.05) is 22.0 Å². The van der Waals surface area contributed by atoms with Gasteiger partial charge in [0.1, 0.15) is 0 Å². The Kier molecular flexibility index (Phi) is 4.64. The average molecular weight is 338 g/mol. The zero-order valence-electron chi connectivity index (χ0n) is 12.0. The van der Waals surface area contributed by atoms with Gasteiger partial charge in [0.2, 0.25) is 0 Å². The highest BCUT2D eigenvalue weighted by atomic mass is 79.9. The molecule has 3 rings (SSSR count). The van der Waals surface area contributed by atoms with Gasteiger partial charge >= 0.3 is 0 Å². The predicted molar refractivity (Wildman–Crippen MR) is 88.3 cm³/mol. The molecule has 0 radical (unpaired) electrons. The summed E-state index contributed by atoms with van der Waals surface area (Å²) < 4.78 is 1.16. The summed E-state index contributed by atoms with van der Waals surface area (Å²) in [4.78, 5) is 5.16. The summed E-state index contributed by atoms with van der Waals surface area (Å²) >= 11 is 3.60. The van der Waals surface area contributed by atoms with Gasteiger partial charge in [0, 0.05) is 42.9 Å². The van der Waals surface area contributed by atoms with Gasteiger partial charge in [-0.3, -0.25) is 4.90 Å². The molecule has 2 N–H and O–H groups in total. The smallest absolute Gasteiger partial charge is 0.0411 e. The monoisotopic (exact) mass is 337 g/mol. The molecule has 110 valence electrons. The molecular formula is C16H24BrN3. The number of benzene rings is 1. The molecule has 4 heteroatoms. The van der Waals surface area contributed by atoms with E-state index in [1.54, 1.807) is 0 Å². The van der Waals surface area contributed by atoms with Crippen molar-refractivity contribution in [2.24, 2.45) is 11.7 Å². The average Bonchev–Trinajstić information content (AvgIpc) is 3.26. The molecule has 1 saturated heterocycles. The highest BCUT2D eigenvalue weighted by molar-refractivity contribution is 9.10. The fourth-order valence-corrected chi connectivity index (χ4v) is 3.38. The van der Waals surface area contributed by atoms with Crippen molar-refractivity contribution >= 4 is 21.6 Å². The summed E-state index contributed by atoms with van der Waals surface area (Å²) in [6.45, 7) is 6.72. The first-order valence-corrected chi connectivity index (χ1v) is 8.51. The molecule has 1 aromatic carbocycles. The molecule has 3 nitrogen and oxygen atoms in total. The maximum absolute atomic E-state index is 5.74. The Hall–Kier alpha value is -0.580. The molecule has 1 saturated carbocycles. The number of nitrogens with zero attached hydrogens (tertiary/aromatic N) is 2. The van der Waals surface area contributed by atoms with Crippen molar-refractivity contribution in [1.82, 2.24) is 4.90 Å². The van der Waals surface area contributed by atoms with Gasteiger partial charge in [0.25, 0.3) is 0 Å². The number of hydrogen-bond donors (Lipinski definition) is 1. The molecule has 0 atom stereocenters. The summed E-state index contributed by atoms with van der Waals surface area (Å²) in [5.74, 6) is 1.00. The largest absolute Gasteiger partial charge is 0.369 e. The first kappa shape index (κ1) is 14.4. The molecule has 1 aliphatic heterocycles. The van der Waals surface area contributed by atoms with Crippen LogP contribution in [0.1, 0.15) is 18.4 Å². The summed E-state index contributed by atoms with van der Waals surface area (Å²) in [7, 11) is 0. The fraction of sp³-hybridized carbons (Fsp3) is 0.625. The Labute approximate surface area is 130 Å². The van der Waals surface area contributed by atoms with E-state index in [0.717, 1.165) is 36.4 Å². The Morgan fingerprint density at radius 3 is 2.55 bits per heavy atom. The zero-order valence-corrected chi connectivity index (χ0v) is 13.6. The van der Waals surface area contributed by atoms with E-state index in [1.807, 2.05) is 0 Å². The predicted octanol–water partition coefficient (Wildman–Crippen LogP) is 2.48. The van der Waals surface area contributed by atoms with Crippen LogP contribution in [0.3, 0.4) is 0 Å². The van der Waals surface area contributed by atoms with E-state index in [2.05, 4.69) is 43.9 Å². The highest BCUT2D eigenvalue weighted by Gasteiger charge is 2.26. The van der Waals surface area contributed by atoms with E-state index >= 15 is 0 Å². The maximum atomic E-state index is 5.74. The fourth-order valence-electron chi connectivity index (χ4n) is 3.04. The molecule has 2 aliphatic rings. The first-order chi connectivity index (χ1) is 9.76. The molecule has 0 unspecified atom stereocenters. The number of halogens is 1.